The SMILES string of the molecule is COc1c(Br)cc2cc1S(=O)(=O)Nc1cc(c(F)cc1F)-c1sc(C)nc1CCOC2=O. The number of benzene rings is 2. The van der Waals surface area contributed by atoms with Gasteiger partial charge in [-0.15, -0.1) is 11.3 Å². The molecular weight excluding hydrogens is 530 g/mol. The summed E-state index contributed by atoms with van der Waals surface area (Å²) in [7, 11) is -3.20. The van der Waals surface area contributed by atoms with E-state index in [0.29, 0.717) is 21.6 Å². The van der Waals surface area contributed by atoms with Crippen LogP contribution in [0.5, 0.6) is 5.75 Å². The second-order valence-corrected chi connectivity index (χ2v) is 10.5. The van der Waals surface area contributed by atoms with E-state index in [9.17, 15) is 22.0 Å². The highest BCUT2D eigenvalue weighted by molar-refractivity contribution is 9.10. The number of cyclic esters (lactones) is 1. The number of sulfonamides is 1. The lowest BCUT2D eigenvalue weighted by Gasteiger charge is -2.16. The third kappa shape index (κ3) is 4.09. The number of carbonyl (C=O) groups is 1. The smallest absolute Gasteiger partial charge is 0.338 e. The Morgan fingerprint density at radius 2 is 1.97 bits per heavy atom. The van der Waals surface area contributed by atoms with E-state index < -0.39 is 38.2 Å². The lowest BCUT2D eigenvalue weighted by Crippen LogP contribution is -2.17. The number of rotatable bonds is 1. The van der Waals surface area contributed by atoms with Crippen molar-refractivity contribution in [3.63, 3.8) is 0 Å². The molecule has 2 heterocycles. The van der Waals surface area contributed by atoms with E-state index in [-0.39, 0.29) is 34.4 Å². The number of anilines is 1. The molecule has 0 saturated carbocycles. The van der Waals surface area contributed by atoms with Gasteiger partial charge >= 0.3 is 5.97 Å². The second-order valence-electron chi connectivity index (χ2n) is 6.80. The van der Waals surface area contributed by atoms with E-state index in [1.165, 1.54) is 24.5 Å². The Labute approximate surface area is 194 Å². The van der Waals surface area contributed by atoms with Gasteiger partial charge in [0.05, 0.1) is 45.0 Å². The molecule has 4 bridgehead atoms. The van der Waals surface area contributed by atoms with Crippen molar-refractivity contribution in [2.24, 2.45) is 0 Å². The minimum Gasteiger partial charge on any atom is -0.494 e. The lowest BCUT2D eigenvalue weighted by molar-refractivity contribution is 0.0508. The van der Waals surface area contributed by atoms with Gasteiger partial charge in [-0.05, 0) is 41.1 Å². The molecule has 1 aromatic heterocycles. The van der Waals surface area contributed by atoms with Gasteiger partial charge in [-0.1, -0.05) is 0 Å². The maximum absolute atomic E-state index is 14.7. The van der Waals surface area contributed by atoms with E-state index in [2.05, 4.69) is 25.6 Å². The Kier molecular flexibility index (Phi) is 5.94. The minimum atomic E-state index is -4.45. The number of ether oxygens (including phenoxy) is 2. The first-order valence-electron chi connectivity index (χ1n) is 9.14. The average Bonchev–Trinajstić information content (AvgIpc) is 3.08. The van der Waals surface area contributed by atoms with Gasteiger partial charge in [0.25, 0.3) is 10.0 Å². The van der Waals surface area contributed by atoms with Crippen molar-refractivity contribution >= 4 is 48.9 Å². The number of fused-ring (bicyclic) bond motifs is 6. The molecule has 0 spiro atoms. The van der Waals surface area contributed by atoms with Crippen molar-refractivity contribution in [1.82, 2.24) is 4.98 Å². The molecule has 0 unspecified atom stereocenters. The average molecular weight is 545 g/mol. The molecule has 1 aliphatic heterocycles. The number of hydrogen-bond donors (Lipinski definition) is 1. The highest BCUT2D eigenvalue weighted by Gasteiger charge is 2.28. The van der Waals surface area contributed by atoms with Gasteiger partial charge < -0.3 is 9.47 Å². The van der Waals surface area contributed by atoms with Crippen LogP contribution in [0.2, 0.25) is 0 Å². The number of methoxy groups -OCH3 is 1. The highest BCUT2D eigenvalue weighted by atomic mass is 79.9. The number of nitrogens with zero attached hydrogens (tertiary/aromatic N) is 1. The van der Waals surface area contributed by atoms with Crippen LogP contribution in [-0.2, 0) is 21.2 Å². The Morgan fingerprint density at radius 3 is 2.69 bits per heavy atom. The van der Waals surface area contributed by atoms with Crippen molar-refractivity contribution in [2.75, 3.05) is 18.4 Å². The van der Waals surface area contributed by atoms with E-state index in [4.69, 9.17) is 9.47 Å². The van der Waals surface area contributed by atoms with Crippen molar-refractivity contribution in [3.8, 4) is 16.2 Å². The summed E-state index contributed by atoms with van der Waals surface area (Å²) in [6.45, 7) is 1.65. The van der Waals surface area contributed by atoms with Crippen molar-refractivity contribution in [3.05, 3.63) is 56.6 Å². The number of hydrogen-bond acceptors (Lipinski definition) is 7. The summed E-state index contributed by atoms with van der Waals surface area (Å²) in [5, 5.41) is 0.622. The molecular formula is C20H15BrF2N2O5S2. The number of esters is 1. The zero-order valence-corrected chi connectivity index (χ0v) is 19.9. The molecule has 1 aliphatic rings. The molecule has 7 nitrogen and oxygen atoms in total. The molecule has 0 aliphatic carbocycles. The standard InChI is InChI=1S/C20H15BrF2N2O5S2/c1-9-24-15-3-4-30-20(26)10-5-12(21)18(29-2)17(6-10)32(27,28)25-16-7-11(19(15)31-9)13(22)8-14(16)23/h5-8,25H,3-4H2,1-2H3. The third-order valence-corrected chi connectivity index (χ3v) is 7.67. The van der Waals surface area contributed by atoms with E-state index in [1.807, 2.05) is 0 Å². The van der Waals surface area contributed by atoms with Gasteiger partial charge in [0.15, 0.2) is 5.75 Å². The van der Waals surface area contributed by atoms with Crippen LogP contribution in [0.3, 0.4) is 0 Å². The van der Waals surface area contributed by atoms with E-state index in [1.54, 1.807) is 6.92 Å². The van der Waals surface area contributed by atoms with Gasteiger partial charge in [-0.25, -0.2) is 27.0 Å². The number of carbonyl (C=O) groups excluding carboxylic acids is 1. The first-order valence-corrected chi connectivity index (χ1v) is 12.2. The fourth-order valence-corrected chi connectivity index (χ4v) is 6.27. The molecule has 0 fully saturated rings. The first kappa shape index (κ1) is 22.6. The summed E-state index contributed by atoms with van der Waals surface area (Å²) in [5.74, 6) is -2.84. The number of aryl methyl sites for hydroxylation is 1. The number of halogens is 3. The van der Waals surface area contributed by atoms with Crippen LogP contribution in [0.1, 0.15) is 21.1 Å². The predicted octanol–water partition coefficient (Wildman–Crippen LogP) is 4.68. The molecule has 0 radical (unpaired) electrons. The normalized spacial score (nSPS) is 15.2. The monoisotopic (exact) mass is 544 g/mol. The first-order chi connectivity index (χ1) is 15.1. The summed E-state index contributed by atoms with van der Waals surface area (Å²) < 4.78 is 68.3. The fraction of sp³-hybridized carbons (Fsp3) is 0.200. The van der Waals surface area contributed by atoms with Gasteiger partial charge in [0, 0.05) is 18.1 Å². The highest BCUT2D eigenvalue weighted by Crippen LogP contribution is 2.38. The second kappa shape index (κ2) is 8.41. The van der Waals surface area contributed by atoms with Crippen LogP contribution in [-0.4, -0.2) is 33.1 Å². The quantitative estimate of drug-likeness (QED) is 0.447. The Balaban J connectivity index is 1.97. The summed E-state index contributed by atoms with van der Waals surface area (Å²) >= 11 is 4.35. The Morgan fingerprint density at radius 1 is 1.22 bits per heavy atom. The largest absolute Gasteiger partial charge is 0.494 e. The van der Waals surface area contributed by atoms with Crippen LogP contribution in [0.25, 0.3) is 10.4 Å². The molecule has 0 amide bonds. The predicted molar refractivity (Wildman–Crippen MR) is 118 cm³/mol. The summed E-state index contributed by atoms with van der Waals surface area (Å²) in [4.78, 5) is 16.9. The maximum Gasteiger partial charge on any atom is 0.338 e. The molecule has 1 N–H and O–H groups in total. The Hall–Kier alpha value is -2.57. The van der Waals surface area contributed by atoms with E-state index >= 15 is 0 Å². The van der Waals surface area contributed by atoms with E-state index in [0.717, 1.165) is 12.1 Å². The van der Waals surface area contributed by atoms with Crippen LogP contribution >= 0.6 is 27.3 Å². The van der Waals surface area contributed by atoms with Gasteiger partial charge in [-0.2, -0.15) is 0 Å². The third-order valence-electron chi connectivity index (χ3n) is 4.66. The van der Waals surface area contributed by atoms with Crippen molar-refractivity contribution in [1.29, 1.82) is 0 Å². The molecule has 2 aromatic carbocycles. The number of thiazole rings is 1. The lowest BCUT2D eigenvalue weighted by atomic mass is 10.1. The topological polar surface area (TPSA) is 94.6 Å². The van der Waals surface area contributed by atoms with Crippen LogP contribution in [0.4, 0.5) is 14.5 Å². The van der Waals surface area contributed by atoms with Crippen LogP contribution in [0, 0.1) is 18.6 Å². The van der Waals surface area contributed by atoms with Crippen molar-refractivity contribution in [2.45, 2.75) is 18.2 Å². The Bertz CT molecular complexity index is 1360. The van der Waals surface area contributed by atoms with Gasteiger partial charge in [0.1, 0.15) is 16.5 Å². The zero-order valence-electron chi connectivity index (χ0n) is 16.7. The molecule has 4 rings (SSSR count). The fourth-order valence-electron chi connectivity index (χ4n) is 3.26. The summed E-state index contributed by atoms with van der Waals surface area (Å²) in [5.41, 5.74) is -0.0741. The molecule has 0 atom stereocenters. The number of aromatic nitrogens is 1. The van der Waals surface area contributed by atoms with Crippen LogP contribution < -0.4 is 9.46 Å². The minimum absolute atomic E-state index is 0.0185. The summed E-state index contributed by atoms with van der Waals surface area (Å²) in [6.07, 6.45) is 0.188. The molecule has 168 valence electrons. The van der Waals surface area contributed by atoms with Gasteiger partial charge in [0.2, 0.25) is 0 Å². The molecule has 0 saturated heterocycles. The molecule has 3 aromatic rings. The molecule has 12 heteroatoms. The zero-order chi connectivity index (χ0) is 23.2. The summed E-state index contributed by atoms with van der Waals surface area (Å²) in [6, 6.07) is 4.13. The maximum atomic E-state index is 14.7. The number of nitrogens with one attached hydrogen (secondary N) is 1. The van der Waals surface area contributed by atoms with Crippen molar-refractivity contribution < 1.29 is 31.5 Å². The molecule has 32 heavy (non-hydrogen) atoms. The van der Waals surface area contributed by atoms with Crippen LogP contribution in [0.15, 0.2) is 33.6 Å². The van der Waals surface area contributed by atoms with Gasteiger partial charge in [-0.3, -0.25) is 4.72 Å².